The van der Waals surface area contributed by atoms with Crippen LogP contribution in [0.25, 0.3) is 0 Å². The second-order valence-corrected chi connectivity index (χ2v) is 4.07. The second-order valence-electron chi connectivity index (χ2n) is 3.69. The predicted octanol–water partition coefficient (Wildman–Crippen LogP) is 1.64. The summed E-state index contributed by atoms with van der Waals surface area (Å²) >= 11 is 5.56. The molecule has 0 aliphatic carbocycles. The number of rotatable bonds is 3. The third-order valence-corrected chi connectivity index (χ3v) is 2.76. The molecule has 0 spiro atoms. The number of morpholine rings is 1. The molecule has 1 heterocycles. The first-order valence-electron chi connectivity index (χ1n) is 5.16. The van der Waals surface area contributed by atoms with Gasteiger partial charge in [-0.25, -0.2) is 0 Å². The number of carbonyl (C=O) groups excluding carboxylic acids is 1. The third-order valence-electron chi connectivity index (χ3n) is 2.57. The number of amides is 1. The van der Waals surface area contributed by atoms with Crippen LogP contribution in [0.15, 0.2) is 0 Å². The topological polar surface area (TPSA) is 29.5 Å². The molecule has 1 fully saturated rings. The molecule has 82 valence electrons. The van der Waals surface area contributed by atoms with Gasteiger partial charge in [-0.1, -0.05) is 6.92 Å². The highest BCUT2D eigenvalue weighted by Gasteiger charge is 2.28. The maximum Gasteiger partial charge on any atom is 0.224 e. The zero-order valence-corrected chi connectivity index (χ0v) is 9.59. The fourth-order valence-corrected chi connectivity index (χ4v) is 1.87. The highest BCUT2D eigenvalue weighted by molar-refractivity contribution is 6.18. The number of ether oxygens (including phenoxy) is 1. The highest BCUT2D eigenvalue weighted by atomic mass is 35.5. The van der Waals surface area contributed by atoms with Crippen LogP contribution in [0.1, 0.15) is 26.7 Å². The van der Waals surface area contributed by atoms with Crippen molar-refractivity contribution >= 4 is 17.5 Å². The molecule has 4 heteroatoms. The molecule has 2 unspecified atom stereocenters. The normalized spacial score (nSPS) is 27.8. The van der Waals surface area contributed by atoms with Crippen molar-refractivity contribution in [1.82, 2.24) is 4.90 Å². The predicted molar refractivity (Wildman–Crippen MR) is 56.5 cm³/mol. The third kappa shape index (κ3) is 2.85. The maximum absolute atomic E-state index is 11.7. The molecule has 0 aromatic carbocycles. The van der Waals surface area contributed by atoms with Gasteiger partial charge < -0.3 is 9.64 Å². The lowest BCUT2D eigenvalue weighted by molar-refractivity contribution is -0.143. The van der Waals surface area contributed by atoms with Gasteiger partial charge in [0.15, 0.2) is 0 Å². The summed E-state index contributed by atoms with van der Waals surface area (Å²) in [6.07, 6.45) is 1.53. The number of halogens is 1. The van der Waals surface area contributed by atoms with E-state index in [9.17, 15) is 4.79 Å². The molecule has 0 radical (unpaired) electrons. The molecule has 3 nitrogen and oxygen atoms in total. The lowest BCUT2D eigenvalue weighted by Gasteiger charge is -2.38. The van der Waals surface area contributed by atoms with Crippen molar-refractivity contribution < 1.29 is 9.53 Å². The molecule has 14 heavy (non-hydrogen) atoms. The Bertz CT molecular complexity index is 199. The quantitative estimate of drug-likeness (QED) is 0.676. The zero-order valence-electron chi connectivity index (χ0n) is 8.83. The van der Waals surface area contributed by atoms with Gasteiger partial charge in [-0.3, -0.25) is 4.79 Å². The van der Waals surface area contributed by atoms with Crippen LogP contribution in [-0.4, -0.2) is 42.0 Å². The average Bonchev–Trinajstić information content (AvgIpc) is 2.18. The molecular formula is C10H18ClNO2. The van der Waals surface area contributed by atoms with Crippen LogP contribution in [0.4, 0.5) is 0 Å². The minimum absolute atomic E-state index is 0.150. The summed E-state index contributed by atoms with van der Waals surface area (Å²) in [6, 6.07) is 0.238. The SMILES string of the molecule is CCC1COC(C)CN1C(=O)CCCl. The largest absolute Gasteiger partial charge is 0.375 e. The van der Waals surface area contributed by atoms with Crippen LogP contribution in [0, 0.1) is 0 Å². The zero-order chi connectivity index (χ0) is 10.6. The molecule has 1 aliphatic rings. The van der Waals surface area contributed by atoms with Crippen LogP contribution in [0.5, 0.6) is 0 Å². The molecule has 0 bridgehead atoms. The van der Waals surface area contributed by atoms with E-state index in [-0.39, 0.29) is 18.1 Å². The first-order valence-corrected chi connectivity index (χ1v) is 5.69. The molecule has 0 aromatic heterocycles. The molecule has 1 saturated heterocycles. The summed E-state index contributed by atoms with van der Waals surface area (Å²) in [5.74, 6) is 0.558. The molecule has 0 saturated carbocycles. The summed E-state index contributed by atoms with van der Waals surface area (Å²) in [7, 11) is 0. The van der Waals surface area contributed by atoms with Gasteiger partial charge in [-0.05, 0) is 13.3 Å². The second kappa shape index (κ2) is 5.56. The van der Waals surface area contributed by atoms with Gasteiger partial charge in [0.25, 0.3) is 0 Å². The maximum atomic E-state index is 11.7. The molecule has 2 atom stereocenters. The Morgan fingerprint density at radius 1 is 1.64 bits per heavy atom. The van der Waals surface area contributed by atoms with Gasteiger partial charge in [0, 0.05) is 18.8 Å². The lowest BCUT2D eigenvalue weighted by atomic mass is 10.1. The first-order chi connectivity index (χ1) is 6.69. The van der Waals surface area contributed by atoms with Gasteiger partial charge in [-0.15, -0.1) is 11.6 Å². The van der Waals surface area contributed by atoms with E-state index in [1.165, 1.54) is 0 Å². The Balaban J connectivity index is 2.56. The average molecular weight is 220 g/mol. The molecular weight excluding hydrogens is 202 g/mol. The smallest absolute Gasteiger partial charge is 0.224 e. The minimum Gasteiger partial charge on any atom is -0.375 e. The van der Waals surface area contributed by atoms with Crippen LogP contribution in [-0.2, 0) is 9.53 Å². The van der Waals surface area contributed by atoms with Gasteiger partial charge in [0.1, 0.15) is 0 Å². The van der Waals surface area contributed by atoms with Crippen LogP contribution in [0.3, 0.4) is 0 Å². The number of hydrogen-bond acceptors (Lipinski definition) is 2. The van der Waals surface area contributed by atoms with E-state index < -0.39 is 0 Å². The van der Waals surface area contributed by atoms with Crippen molar-refractivity contribution in [3.05, 3.63) is 0 Å². The van der Waals surface area contributed by atoms with Crippen molar-refractivity contribution in [3.63, 3.8) is 0 Å². The Labute approximate surface area is 90.4 Å². The molecule has 1 rings (SSSR count). The van der Waals surface area contributed by atoms with Crippen LogP contribution < -0.4 is 0 Å². The summed E-state index contributed by atoms with van der Waals surface area (Å²) in [5, 5.41) is 0. The van der Waals surface area contributed by atoms with Gasteiger partial charge in [0.2, 0.25) is 5.91 Å². The van der Waals surface area contributed by atoms with Crippen molar-refractivity contribution in [3.8, 4) is 0 Å². The Kier molecular flexibility index (Phi) is 4.69. The highest BCUT2D eigenvalue weighted by Crippen LogP contribution is 2.15. The Morgan fingerprint density at radius 2 is 2.36 bits per heavy atom. The van der Waals surface area contributed by atoms with Gasteiger partial charge >= 0.3 is 0 Å². The van der Waals surface area contributed by atoms with Crippen molar-refractivity contribution in [2.24, 2.45) is 0 Å². The van der Waals surface area contributed by atoms with E-state index >= 15 is 0 Å². The van der Waals surface area contributed by atoms with E-state index in [4.69, 9.17) is 16.3 Å². The van der Waals surface area contributed by atoms with Crippen molar-refractivity contribution in [2.45, 2.75) is 38.8 Å². The number of alkyl halides is 1. The number of hydrogen-bond donors (Lipinski definition) is 0. The van der Waals surface area contributed by atoms with Crippen molar-refractivity contribution in [1.29, 1.82) is 0 Å². The Hall–Kier alpha value is -0.280. The first kappa shape index (κ1) is 11.8. The molecule has 0 N–H and O–H groups in total. The summed E-state index contributed by atoms with van der Waals surface area (Å²) in [6.45, 7) is 5.43. The van der Waals surface area contributed by atoms with Crippen LogP contribution in [0.2, 0.25) is 0 Å². The van der Waals surface area contributed by atoms with E-state index in [1.807, 2.05) is 11.8 Å². The van der Waals surface area contributed by atoms with E-state index in [0.717, 1.165) is 6.42 Å². The molecule has 1 amide bonds. The van der Waals surface area contributed by atoms with Crippen LogP contribution >= 0.6 is 11.6 Å². The van der Waals surface area contributed by atoms with Crippen molar-refractivity contribution in [2.75, 3.05) is 19.0 Å². The summed E-state index contributed by atoms with van der Waals surface area (Å²) in [5.41, 5.74) is 0. The fraction of sp³-hybridized carbons (Fsp3) is 0.900. The summed E-state index contributed by atoms with van der Waals surface area (Å²) in [4.78, 5) is 13.6. The summed E-state index contributed by atoms with van der Waals surface area (Å²) < 4.78 is 5.51. The van der Waals surface area contributed by atoms with E-state index in [0.29, 0.717) is 25.5 Å². The Morgan fingerprint density at radius 3 is 2.93 bits per heavy atom. The minimum atomic E-state index is 0.150. The number of carbonyl (C=O) groups is 1. The fourth-order valence-electron chi connectivity index (χ4n) is 1.71. The standard InChI is InChI=1S/C10H18ClNO2/c1-3-9-7-14-8(2)6-12(9)10(13)4-5-11/h8-9H,3-7H2,1-2H3. The monoisotopic (exact) mass is 219 g/mol. The molecule has 1 aliphatic heterocycles. The number of nitrogens with zero attached hydrogens (tertiary/aromatic N) is 1. The van der Waals surface area contributed by atoms with E-state index in [2.05, 4.69) is 6.92 Å². The molecule has 0 aromatic rings. The van der Waals surface area contributed by atoms with E-state index in [1.54, 1.807) is 0 Å². The van der Waals surface area contributed by atoms with Gasteiger partial charge in [-0.2, -0.15) is 0 Å². The lowest BCUT2D eigenvalue weighted by Crippen LogP contribution is -2.51. The van der Waals surface area contributed by atoms with Gasteiger partial charge in [0.05, 0.1) is 18.8 Å².